The van der Waals surface area contributed by atoms with E-state index in [9.17, 15) is 5.11 Å². The Morgan fingerprint density at radius 1 is 1.33 bits per heavy atom. The maximum atomic E-state index is 9.33. The molecule has 0 saturated carbocycles. The highest BCUT2D eigenvalue weighted by Gasteiger charge is 2.19. The molecule has 0 aliphatic heterocycles. The molecule has 2 atom stereocenters. The second-order valence-electron chi connectivity index (χ2n) is 5.03. The lowest BCUT2D eigenvalue weighted by atomic mass is 9.89. The molecular formula is C15H25NO2. The summed E-state index contributed by atoms with van der Waals surface area (Å²) in [5, 5.41) is 9.33. The Hall–Kier alpha value is -1.06. The van der Waals surface area contributed by atoms with Gasteiger partial charge in [0.25, 0.3) is 0 Å². The highest BCUT2D eigenvalue weighted by molar-refractivity contribution is 5.40. The third-order valence-corrected chi connectivity index (χ3v) is 3.53. The summed E-state index contributed by atoms with van der Waals surface area (Å²) in [4.78, 5) is 0. The first kappa shape index (κ1) is 15.0. The quantitative estimate of drug-likeness (QED) is 0.817. The summed E-state index contributed by atoms with van der Waals surface area (Å²) in [6.45, 7) is 6.45. The molecule has 0 aliphatic carbocycles. The van der Waals surface area contributed by atoms with Gasteiger partial charge in [0.1, 0.15) is 5.75 Å². The fraction of sp³-hybridized carbons (Fsp3) is 0.600. The fourth-order valence-electron chi connectivity index (χ4n) is 2.18. The zero-order valence-electron chi connectivity index (χ0n) is 11.8. The first-order chi connectivity index (χ1) is 8.54. The van der Waals surface area contributed by atoms with Gasteiger partial charge in [-0.3, -0.25) is 0 Å². The Morgan fingerprint density at radius 2 is 2.00 bits per heavy atom. The van der Waals surface area contributed by atoms with Gasteiger partial charge in [-0.25, -0.2) is 0 Å². The molecule has 3 heteroatoms. The molecule has 0 spiro atoms. The van der Waals surface area contributed by atoms with Crippen LogP contribution in [0.4, 0.5) is 0 Å². The van der Waals surface area contributed by atoms with E-state index in [2.05, 4.69) is 19.9 Å². The molecule has 0 bridgehead atoms. The molecule has 0 radical (unpaired) electrons. The van der Waals surface area contributed by atoms with Crippen LogP contribution in [0.3, 0.4) is 0 Å². The van der Waals surface area contributed by atoms with E-state index < -0.39 is 0 Å². The molecule has 2 unspecified atom stereocenters. The van der Waals surface area contributed by atoms with Gasteiger partial charge in [0, 0.05) is 18.6 Å². The summed E-state index contributed by atoms with van der Waals surface area (Å²) in [6, 6.07) is 5.94. The summed E-state index contributed by atoms with van der Waals surface area (Å²) in [6.07, 6.45) is 0.876. The van der Waals surface area contributed by atoms with Crippen molar-refractivity contribution in [2.75, 3.05) is 13.7 Å². The van der Waals surface area contributed by atoms with Gasteiger partial charge in [-0.1, -0.05) is 32.9 Å². The van der Waals surface area contributed by atoms with Gasteiger partial charge in [0.15, 0.2) is 0 Å². The summed E-state index contributed by atoms with van der Waals surface area (Å²) in [7, 11) is 1.68. The smallest absolute Gasteiger partial charge is 0.122 e. The SMILES string of the molecule is CCC(CO)C(N)c1ccc(OC)c(C(C)C)c1. The molecule has 0 aliphatic rings. The van der Waals surface area contributed by atoms with E-state index in [-0.39, 0.29) is 18.6 Å². The van der Waals surface area contributed by atoms with E-state index in [1.54, 1.807) is 7.11 Å². The number of aliphatic hydroxyl groups excluding tert-OH is 1. The van der Waals surface area contributed by atoms with E-state index in [1.165, 1.54) is 5.56 Å². The third kappa shape index (κ3) is 3.24. The first-order valence-corrected chi connectivity index (χ1v) is 6.59. The van der Waals surface area contributed by atoms with Gasteiger partial charge in [0.2, 0.25) is 0 Å². The number of rotatable bonds is 6. The fourth-order valence-corrected chi connectivity index (χ4v) is 2.18. The molecular weight excluding hydrogens is 226 g/mol. The normalized spacial score (nSPS) is 14.6. The molecule has 1 rings (SSSR count). The van der Waals surface area contributed by atoms with Crippen LogP contribution in [0, 0.1) is 5.92 Å². The Bertz CT molecular complexity index is 373. The van der Waals surface area contributed by atoms with Crippen molar-refractivity contribution in [3.63, 3.8) is 0 Å². The maximum absolute atomic E-state index is 9.33. The molecule has 0 heterocycles. The van der Waals surface area contributed by atoms with Gasteiger partial charge in [-0.15, -0.1) is 0 Å². The molecule has 3 N–H and O–H groups in total. The number of aliphatic hydroxyl groups is 1. The predicted octanol–water partition coefficient (Wildman–Crippen LogP) is 2.84. The van der Waals surface area contributed by atoms with Crippen LogP contribution in [0.15, 0.2) is 18.2 Å². The molecule has 0 fully saturated rings. The number of benzene rings is 1. The zero-order valence-corrected chi connectivity index (χ0v) is 11.8. The Morgan fingerprint density at radius 3 is 2.44 bits per heavy atom. The zero-order chi connectivity index (χ0) is 13.7. The molecule has 1 aromatic carbocycles. The summed E-state index contributed by atoms with van der Waals surface area (Å²) >= 11 is 0. The minimum absolute atomic E-state index is 0.110. The number of hydrogen-bond acceptors (Lipinski definition) is 3. The van der Waals surface area contributed by atoms with Crippen molar-refractivity contribution in [3.05, 3.63) is 29.3 Å². The number of ether oxygens (including phenoxy) is 1. The van der Waals surface area contributed by atoms with E-state index >= 15 is 0 Å². The van der Waals surface area contributed by atoms with Crippen LogP contribution in [-0.2, 0) is 0 Å². The van der Waals surface area contributed by atoms with Crippen molar-refractivity contribution < 1.29 is 9.84 Å². The topological polar surface area (TPSA) is 55.5 Å². The van der Waals surface area contributed by atoms with Gasteiger partial charge in [-0.2, -0.15) is 0 Å². The van der Waals surface area contributed by atoms with Crippen molar-refractivity contribution in [2.24, 2.45) is 11.7 Å². The number of hydrogen-bond donors (Lipinski definition) is 2. The lowest BCUT2D eigenvalue weighted by molar-refractivity contribution is 0.200. The van der Waals surface area contributed by atoms with Crippen LogP contribution in [0.25, 0.3) is 0 Å². The van der Waals surface area contributed by atoms with E-state index in [0.717, 1.165) is 17.7 Å². The summed E-state index contributed by atoms with van der Waals surface area (Å²) < 4.78 is 5.36. The second kappa shape index (κ2) is 6.76. The van der Waals surface area contributed by atoms with Crippen molar-refractivity contribution in [1.29, 1.82) is 0 Å². The van der Waals surface area contributed by atoms with Crippen LogP contribution in [0.5, 0.6) is 5.75 Å². The van der Waals surface area contributed by atoms with Crippen molar-refractivity contribution in [2.45, 2.75) is 39.2 Å². The van der Waals surface area contributed by atoms with Crippen molar-refractivity contribution in [1.82, 2.24) is 0 Å². The van der Waals surface area contributed by atoms with E-state index in [1.807, 2.05) is 19.1 Å². The van der Waals surface area contributed by atoms with E-state index in [0.29, 0.717) is 5.92 Å². The van der Waals surface area contributed by atoms with Crippen LogP contribution in [-0.4, -0.2) is 18.8 Å². The van der Waals surface area contributed by atoms with Crippen molar-refractivity contribution >= 4 is 0 Å². The average Bonchev–Trinajstić information content (AvgIpc) is 2.39. The van der Waals surface area contributed by atoms with Gasteiger partial charge >= 0.3 is 0 Å². The standard InChI is InChI=1S/C15H25NO2/c1-5-11(9-17)15(16)12-6-7-14(18-4)13(8-12)10(2)3/h6-8,10-11,15,17H,5,9,16H2,1-4H3. The summed E-state index contributed by atoms with van der Waals surface area (Å²) in [5.74, 6) is 1.40. The number of nitrogens with two attached hydrogens (primary N) is 1. The minimum atomic E-state index is -0.122. The third-order valence-electron chi connectivity index (χ3n) is 3.53. The van der Waals surface area contributed by atoms with Gasteiger partial charge < -0.3 is 15.6 Å². The average molecular weight is 251 g/mol. The Labute approximate surface area is 110 Å². The van der Waals surface area contributed by atoms with Crippen LogP contribution < -0.4 is 10.5 Å². The molecule has 18 heavy (non-hydrogen) atoms. The molecule has 0 amide bonds. The molecule has 3 nitrogen and oxygen atoms in total. The molecule has 0 aromatic heterocycles. The largest absolute Gasteiger partial charge is 0.496 e. The lowest BCUT2D eigenvalue weighted by Gasteiger charge is -2.22. The number of methoxy groups -OCH3 is 1. The minimum Gasteiger partial charge on any atom is -0.496 e. The highest BCUT2D eigenvalue weighted by atomic mass is 16.5. The Kier molecular flexibility index (Phi) is 5.63. The molecule has 1 aromatic rings. The lowest BCUT2D eigenvalue weighted by Crippen LogP contribution is -2.24. The monoisotopic (exact) mass is 251 g/mol. The summed E-state index contributed by atoms with van der Waals surface area (Å²) in [5.41, 5.74) is 8.45. The van der Waals surface area contributed by atoms with Crippen LogP contribution in [0.1, 0.15) is 50.3 Å². The second-order valence-corrected chi connectivity index (χ2v) is 5.03. The van der Waals surface area contributed by atoms with Gasteiger partial charge in [-0.05, 0) is 29.5 Å². The van der Waals surface area contributed by atoms with Crippen LogP contribution >= 0.6 is 0 Å². The maximum Gasteiger partial charge on any atom is 0.122 e. The predicted molar refractivity (Wildman–Crippen MR) is 74.9 cm³/mol. The molecule has 0 saturated heterocycles. The van der Waals surface area contributed by atoms with Crippen LogP contribution in [0.2, 0.25) is 0 Å². The first-order valence-electron chi connectivity index (χ1n) is 6.59. The highest BCUT2D eigenvalue weighted by Crippen LogP contribution is 2.31. The van der Waals surface area contributed by atoms with E-state index in [4.69, 9.17) is 10.5 Å². The van der Waals surface area contributed by atoms with Crippen molar-refractivity contribution in [3.8, 4) is 5.75 Å². The van der Waals surface area contributed by atoms with Gasteiger partial charge in [0.05, 0.1) is 7.11 Å². The molecule has 102 valence electrons. The Balaban J connectivity index is 3.07.